The quantitative estimate of drug-likeness (QED) is 0.394. The van der Waals surface area contributed by atoms with Gasteiger partial charge in [-0.1, -0.05) is 30.3 Å². The minimum atomic E-state index is -4.76. The largest absolute Gasteiger partial charge is 0.573 e. The number of hydrogen-bond donors (Lipinski definition) is 2. The number of halogens is 4. The molecule has 0 aromatic heterocycles. The van der Waals surface area contributed by atoms with Gasteiger partial charge in [-0.25, -0.2) is 4.99 Å². The van der Waals surface area contributed by atoms with Crippen LogP contribution in [0.2, 0.25) is 0 Å². The molecule has 0 saturated heterocycles. The van der Waals surface area contributed by atoms with Crippen molar-refractivity contribution in [2.24, 2.45) is 10.7 Å². The lowest BCUT2D eigenvalue weighted by molar-refractivity contribution is -0.274. The topological polar surface area (TPSA) is 68.9 Å². The van der Waals surface area contributed by atoms with Crippen LogP contribution in [-0.4, -0.2) is 19.4 Å². The van der Waals surface area contributed by atoms with Gasteiger partial charge in [-0.05, 0) is 18.2 Å². The second-order valence-corrected chi connectivity index (χ2v) is 4.68. The van der Waals surface area contributed by atoms with Crippen molar-refractivity contribution < 1.29 is 22.6 Å². The molecule has 2 aromatic rings. The number of aliphatic imine (C=N–C) groups is 1. The molecule has 5 nitrogen and oxygen atoms in total. The van der Waals surface area contributed by atoms with E-state index in [2.05, 4.69) is 15.0 Å². The number of para-hydroxylation sites is 3. The number of benzene rings is 2. The normalized spacial score (nSPS) is 11.4. The lowest BCUT2D eigenvalue weighted by atomic mass is 10.2. The Hall–Kier alpha value is -2.17. The fourth-order valence-corrected chi connectivity index (χ4v) is 1.95. The fraction of sp³-hybridized carbons (Fsp3) is 0.188. The van der Waals surface area contributed by atoms with Gasteiger partial charge < -0.3 is 20.5 Å². The Bertz CT molecular complexity index is 724. The Balaban J connectivity index is 0.00000312. The van der Waals surface area contributed by atoms with E-state index >= 15 is 0 Å². The van der Waals surface area contributed by atoms with E-state index in [-0.39, 0.29) is 47.8 Å². The van der Waals surface area contributed by atoms with E-state index in [1.807, 2.05) is 0 Å². The van der Waals surface area contributed by atoms with Gasteiger partial charge in [0.2, 0.25) is 0 Å². The van der Waals surface area contributed by atoms with Gasteiger partial charge in [0.05, 0.1) is 19.3 Å². The molecule has 0 aliphatic carbocycles. The molecule has 0 aliphatic heterocycles. The molecule has 0 amide bonds. The summed E-state index contributed by atoms with van der Waals surface area (Å²) >= 11 is 0. The van der Waals surface area contributed by atoms with E-state index < -0.39 is 6.36 Å². The van der Waals surface area contributed by atoms with Crippen molar-refractivity contribution >= 4 is 35.6 Å². The van der Waals surface area contributed by atoms with Crippen LogP contribution in [0.15, 0.2) is 53.5 Å². The number of nitrogens with one attached hydrogen (secondary N) is 1. The highest BCUT2D eigenvalue weighted by Gasteiger charge is 2.31. The van der Waals surface area contributed by atoms with Gasteiger partial charge >= 0.3 is 6.36 Å². The third-order valence-corrected chi connectivity index (χ3v) is 2.99. The number of guanidine groups is 1. The molecular weight excluding hydrogens is 450 g/mol. The van der Waals surface area contributed by atoms with Crippen LogP contribution in [0, 0.1) is 0 Å². The first kappa shape index (κ1) is 20.9. The molecular formula is C16H17F3IN3O2. The van der Waals surface area contributed by atoms with Gasteiger partial charge in [-0.3, -0.25) is 0 Å². The number of rotatable bonds is 5. The summed E-state index contributed by atoms with van der Waals surface area (Å²) in [4.78, 5) is 4.04. The minimum absolute atomic E-state index is 0. The number of anilines is 1. The van der Waals surface area contributed by atoms with Gasteiger partial charge in [0.1, 0.15) is 11.5 Å². The third kappa shape index (κ3) is 6.69. The van der Waals surface area contributed by atoms with Crippen molar-refractivity contribution in [2.75, 3.05) is 12.4 Å². The number of ether oxygens (including phenoxy) is 2. The van der Waals surface area contributed by atoms with Crippen LogP contribution < -0.4 is 20.5 Å². The highest BCUT2D eigenvalue weighted by atomic mass is 127. The number of alkyl halides is 3. The average molecular weight is 467 g/mol. The lowest BCUT2D eigenvalue weighted by Gasteiger charge is -2.13. The number of nitrogens with zero attached hydrogens (tertiary/aromatic N) is 1. The second kappa shape index (κ2) is 9.35. The summed E-state index contributed by atoms with van der Waals surface area (Å²) in [6, 6.07) is 12.8. The Morgan fingerprint density at radius 1 is 1.08 bits per heavy atom. The van der Waals surface area contributed by atoms with Crippen molar-refractivity contribution in [3.8, 4) is 11.5 Å². The molecule has 0 spiro atoms. The zero-order chi connectivity index (χ0) is 17.6. The summed E-state index contributed by atoms with van der Waals surface area (Å²) in [7, 11) is 1.51. The van der Waals surface area contributed by atoms with Crippen molar-refractivity contribution in [1.29, 1.82) is 0 Å². The van der Waals surface area contributed by atoms with Crippen molar-refractivity contribution in [2.45, 2.75) is 12.9 Å². The number of hydrogen-bond acceptors (Lipinski definition) is 3. The van der Waals surface area contributed by atoms with Gasteiger partial charge in [0, 0.05) is 5.56 Å². The molecule has 0 radical (unpaired) electrons. The molecule has 0 fully saturated rings. The first-order chi connectivity index (χ1) is 11.4. The highest BCUT2D eigenvalue weighted by molar-refractivity contribution is 14.0. The molecule has 2 aromatic carbocycles. The molecule has 0 unspecified atom stereocenters. The summed E-state index contributed by atoms with van der Waals surface area (Å²) < 4.78 is 46.3. The highest BCUT2D eigenvalue weighted by Crippen LogP contribution is 2.27. The Morgan fingerprint density at radius 3 is 2.32 bits per heavy atom. The number of nitrogens with two attached hydrogens (primary N) is 1. The summed E-state index contributed by atoms with van der Waals surface area (Å²) in [5.74, 6) is 0.302. The molecule has 25 heavy (non-hydrogen) atoms. The molecule has 9 heteroatoms. The molecule has 0 bridgehead atoms. The molecule has 0 aliphatic rings. The maximum atomic E-state index is 12.4. The molecule has 2 rings (SSSR count). The van der Waals surface area contributed by atoms with E-state index in [0.29, 0.717) is 11.4 Å². The molecule has 0 atom stereocenters. The predicted molar refractivity (Wildman–Crippen MR) is 100 cm³/mol. The summed E-state index contributed by atoms with van der Waals surface area (Å²) in [5.41, 5.74) is 6.64. The lowest BCUT2D eigenvalue weighted by Crippen LogP contribution is -2.23. The van der Waals surface area contributed by atoms with E-state index in [0.717, 1.165) is 0 Å². The Morgan fingerprint density at radius 2 is 1.68 bits per heavy atom. The van der Waals surface area contributed by atoms with Gasteiger partial charge in [0.25, 0.3) is 0 Å². The summed E-state index contributed by atoms with van der Waals surface area (Å²) in [5, 5.41) is 2.84. The monoisotopic (exact) mass is 467 g/mol. The maximum Gasteiger partial charge on any atom is 0.573 e. The summed E-state index contributed by atoms with van der Waals surface area (Å²) in [6.45, 7) is -0.0692. The molecule has 136 valence electrons. The van der Waals surface area contributed by atoms with Gasteiger partial charge in [-0.2, -0.15) is 0 Å². The van der Waals surface area contributed by atoms with E-state index in [9.17, 15) is 13.2 Å². The van der Waals surface area contributed by atoms with Gasteiger partial charge in [-0.15, -0.1) is 37.1 Å². The van der Waals surface area contributed by atoms with Crippen LogP contribution in [0.3, 0.4) is 0 Å². The standard InChI is InChI=1S/C16H16F3N3O2.HI/c1-23-14-9-5-3-7-12(14)22-15(20)21-10-11-6-2-4-8-13(11)24-16(17,18)19;/h2-9H,10H2,1H3,(H3,20,21,22);1H. The Kier molecular flexibility index (Phi) is 7.81. The zero-order valence-electron chi connectivity index (χ0n) is 13.2. The minimum Gasteiger partial charge on any atom is -0.495 e. The van der Waals surface area contributed by atoms with Crippen molar-refractivity contribution in [3.05, 3.63) is 54.1 Å². The van der Waals surface area contributed by atoms with Crippen LogP contribution in [0.4, 0.5) is 18.9 Å². The first-order valence-corrected chi connectivity index (χ1v) is 6.92. The summed E-state index contributed by atoms with van der Waals surface area (Å²) in [6.07, 6.45) is -4.76. The second-order valence-electron chi connectivity index (χ2n) is 4.68. The predicted octanol–water partition coefficient (Wildman–Crippen LogP) is 4.14. The van der Waals surface area contributed by atoms with E-state index in [1.165, 1.54) is 25.3 Å². The first-order valence-electron chi connectivity index (χ1n) is 6.92. The molecule has 0 heterocycles. The Labute approximate surface area is 160 Å². The van der Waals surface area contributed by atoms with Crippen molar-refractivity contribution in [3.63, 3.8) is 0 Å². The third-order valence-electron chi connectivity index (χ3n) is 2.99. The average Bonchev–Trinajstić information content (AvgIpc) is 2.53. The van der Waals surface area contributed by atoms with Crippen LogP contribution in [0.25, 0.3) is 0 Å². The zero-order valence-corrected chi connectivity index (χ0v) is 15.5. The SMILES string of the molecule is COc1ccccc1NC(N)=NCc1ccccc1OC(F)(F)F.I. The molecule has 0 saturated carbocycles. The molecule has 3 N–H and O–H groups in total. The van der Waals surface area contributed by atoms with Crippen LogP contribution in [-0.2, 0) is 6.54 Å². The van der Waals surface area contributed by atoms with E-state index in [4.69, 9.17) is 10.5 Å². The van der Waals surface area contributed by atoms with Crippen LogP contribution >= 0.6 is 24.0 Å². The number of methoxy groups -OCH3 is 1. The van der Waals surface area contributed by atoms with Crippen molar-refractivity contribution in [1.82, 2.24) is 0 Å². The smallest absolute Gasteiger partial charge is 0.495 e. The van der Waals surface area contributed by atoms with E-state index in [1.54, 1.807) is 30.3 Å². The maximum absolute atomic E-state index is 12.4. The van der Waals surface area contributed by atoms with Crippen LogP contribution in [0.1, 0.15) is 5.56 Å². The van der Waals surface area contributed by atoms with Gasteiger partial charge in [0.15, 0.2) is 5.96 Å². The fourth-order valence-electron chi connectivity index (χ4n) is 1.95. The van der Waals surface area contributed by atoms with Crippen LogP contribution in [0.5, 0.6) is 11.5 Å².